The van der Waals surface area contributed by atoms with E-state index in [1.807, 2.05) is 18.2 Å². The molecule has 2 aliphatic heterocycles. The van der Waals surface area contributed by atoms with E-state index in [-0.39, 0.29) is 12.2 Å². The second kappa shape index (κ2) is 3.21. The molecule has 1 aromatic heterocycles. The van der Waals surface area contributed by atoms with Gasteiger partial charge in [-0.1, -0.05) is 48.0 Å². The molecule has 2 unspecified atom stereocenters. The van der Waals surface area contributed by atoms with Crippen LogP contribution in [0.2, 0.25) is 5.02 Å². The number of fused-ring (bicyclic) bond motifs is 10. The van der Waals surface area contributed by atoms with Crippen molar-refractivity contribution in [2.75, 3.05) is 0 Å². The van der Waals surface area contributed by atoms with Gasteiger partial charge in [-0.05, 0) is 17.2 Å². The topological polar surface area (TPSA) is 22.4 Å². The van der Waals surface area contributed by atoms with E-state index in [2.05, 4.69) is 24.3 Å². The van der Waals surface area contributed by atoms with Crippen molar-refractivity contribution < 1.29 is 9.15 Å². The molecule has 0 amide bonds. The summed E-state index contributed by atoms with van der Waals surface area (Å²) < 4.78 is 12.0. The van der Waals surface area contributed by atoms with Crippen molar-refractivity contribution in [3.05, 3.63) is 69.9 Å². The second-order valence-corrected chi connectivity index (χ2v) is 5.43. The highest BCUT2D eigenvalue weighted by Gasteiger charge is 2.46. The molecule has 2 nitrogen and oxygen atoms in total. The molecule has 3 aromatic rings. The molecule has 2 aromatic carbocycles. The van der Waals surface area contributed by atoms with Crippen molar-refractivity contribution in [1.29, 1.82) is 0 Å². The third-order valence-electron chi connectivity index (χ3n) is 4.07. The monoisotopic (exact) mass is 268 g/mol. The van der Waals surface area contributed by atoms with Crippen LogP contribution in [-0.2, 0) is 4.74 Å². The Bertz CT molecular complexity index is 834. The zero-order valence-corrected chi connectivity index (χ0v) is 10.6. The first kappa shape index (κ1) is 10.1. The van der Waals surface area contributed by atoms with E-state index < -0.39 is 0 Å². The van der Waals surface area contributed by atoms with Crippen LogP contribution >= 0.6 is 11.6 Å². The Hall–Kier alpha value is -1.77. The first-order chi connectivity index (χ1) is 9.34. The largest absolute Gasteiger partial charge is 0.456 e. The highest BCUT2D eigenvalue weighted by atomic mass is 35.5. The Balaban J connectivity index is 1.88. The smallest absolute Gasteiger partial charge is 0.153 e. The van der Waals surface area contributed by atoms with E-state index in [0.717, 1.165) is 22.3 Å². The summed E-state index contributed by atoms with van der Waals surface area (Å²) in [6.45, 7) is 0. The molecule has 3 heterocycles. The van der Waals surface area contributed by atoms with Gasteiger partial charge in [-0.15, -0.1) is 0 Å². The summed E-state index contributed by atoms with van der Waals surface area (Å²) in [5, 5.41) is 1.74. The predicted octanol–water partition coefficient (Wildman–Crippen LogP) is 4.61. The van der Waals surface area contributed by atoms with E-state index in [1.165, 1.54) is 11.1 Å². The molecule has 3 heteroatoms. The maximum atomic E-state index is 6.22. The van der Waals surface area contributed by atoms with Crippen LogP contribution in [0.15, 0.2) is 46.9 Å². The van der Waals surface area contributed by atoms with Crippen molar-refractivity contribution in [1.82, 2.24) is 0 Å². The van der Waals surface area contributed by atoms with Gasteiger partial charge in [0.15, 0.2) is 5.58 Å². The van der Waals surface area contributed by atoms with Crippen molar-refractivity contribution in [2.45, 2.75) is 12.2 Å². The molecule has 92 valence electrons. The van der Waals surface area contributed by atoms with Gasteiger partial charge in [-0.25, -0.2) is 0 Å². The van der Waals surface area contributed by atoms with E-state index in [0.29, 0.717) is 5.02 Å². The molecule has 19 heavy (non-hydrogen) atoms. The van der Waals surface area contributed by atoms with Crippen LogP contribution in [0.4, 0.5) is 0 Å². The quantitative estimate of drug-likeness (QED) is 0.594. The number of rotatable bonds is 0. The summed E-state index contributed by atoms with van der Waals surface area (Å²) in [6.07, 6.45) is -0.0735. The van der Waals surface area contributed by atoms with E-state index >= 15 is 0 Å². The molecular formula is C16H9ClO2. The summed E-state index contributed by atoms with van der Waals surface area (Å²) in [7, 11) is 0. The van der Waals surface area contributed by atoms with Gasteiger partial charge in [-0.2, -0.15) is 0 Å². The fourth-order valence-electron chi connectivity index (χ4n) is 3.29. The molecule has 2 aliphatic rings. The number of halogens is 1. The minimum absolute atomic E-state index is 0.00378. The number of hydrogen-bond acceptors (Lipinski definition) is 2. The third-order valence-corrected chi connectivity index (χ3v) is 4.37. The highest BCUT2D eigenvalue weighted by molar-refractivity contribution is 6.35. The summed E-state index contributed by atoms with van der Waals surface area (Å²) in [4.78, 5) is 0. The van der Waals surface area contributed by atoms with Gasteiger partial charge in [0.2, 0.25) is 0 Å². The van der Waals surface area contributed by atoms with Crippen LogP contribution in [0.3, 0.4) is 0 Å². The van der Waals surface area contributed by atoms with Gasteiger partial charge in [0, 0.05) is 10.9 Å². The average Bonchev–Trinajstić information content (AvgIpc) is 3.07. The van der Waals surface area contributed by atoms with E-state index in [4.69, 9.17) is 20.8 Å². The van der Waals surface area contributed by atoms with E-state index in [9.17, 15) is 0 Å². The van der Waals surface area contributed by atoms with Crippen LogP contribution < -0.4 is 0 Å². The van der Waals surface area contributed by atoms with Crippen molar-refractivity contribution in [3.63, 3.8) is 0 Å². The number of para-hydroxylation sites is 1. The van der Waals surface area contributed by atoms with Crippen LogP contribution in [0.5, 0.6) is 0 Å². The van der Waals surface area contributed by atoms with Crippen LogP contribution in [0.1, 0.15) is 34.7 Å². The van der Waals surface area contributed by atoms with E-state index in [1.54, 1.807) is 0 Å². The molecule has 2 bridgehead atoms. The molecule has 0 aliphatic carbocycles. The maximum absolute atomic E-state index is 6.22. The standard InChI is InChI=1S/C16H9ClO2/c17-11-7-3-6-10-12-14-8-4-1-2-5-9(8)15(19-14)16(12)18-13(10)11/h1-7,14-15H. The van der Waals surface area contributed by atoms with Gasteiger partial charge in [-0.3, -0.25) is 0 Å². The summed E-state index contributed by atoms with van der Waals surface area (Å²) in [5.41, 5.74) is 4.40. The molecule has 0 saturated heterocycles. The van der Waals surface area contributed by atoms with Crippen molar-refractivity contribution in [2.24, 2.45) is 0 Å². The zero-order valence-electron chi connectivity index (χ0n) is 9.89. The van der Waals surface area contributed by atoms with Gasteiger partial charge in [0.05, 0.1) is 5.02 Å². The molecule has 0 fully saturated rings. The molecule has 0 spiro atoms. The molecule has 2 atom stereocenters. The van der Waals surface area contributed by atoms with Gasteiger partial charge in [0.25, 0.3) is 0 Å². The van der Waals surface area contributed by atoms with Gasteiger partial charge in [0.1, 0.15) is 18.0 Å². The first-order valence-corrected chi connectivity index (χ1v) is 6.67. The number of furan rings is 1. The Morgan fingerprint density at radius 3 is 2.53 bits per heavy atom. The number of benzene rings is 2. The van der Waals surface area contributed by atoms with Crippen molar-refractivity contribution in [3.8, 4) is 0 Å². The second-order valence-electron chi connectivity index (χ2n) is 5.02. The Kier molecular flexibility index (Phi) is 1.70. The molecule has 0 N–H and O–H groups in total. The van der Waals surface area contributed by atoms with Gasteiger partial charge >= 0.3 is 0 Å². The number of ether oxygens (including phenoxy) is 1. The lowest BCUT2D eigenvalue weighted by molar-refractivity contribution is 0.0778. The van der Waals surface area contributed by atoms with Crippen molar-refractivity contribution >= 4 is 22.6 Å². The van der Waals surface area contributed by atoms with Crippen LogP contribution in [-0.4, -0.2) is 0 Å². The maximum Gasteiger partial charge on any atom is 0.153 e. The Labute approximate surface area is 114 Å². The Morgan fingerprint density at radius 1 is 0.895 bits per heavy atom. The lowest BCUT2D eigenvalue weighted by Gasteiger charge is -2.10. The minimum atomic E-state index is -0.0698. The SMILES string of the molecule is Clc1cccc2c3c(oc12)C1OC3c2ccccc21. The summed E-state index contributed by atoms with van der Waals surface area (Å²) >= 11 is 6.22. The fourth-order valence-corrected chi connectivity index (χ4v) is 3.50. The van der Waals surface area contributed by atoms with Gasteiger partial charge < -0.3 is 9.15 Å². The molecule has 5 rings (SSSR count). The normalized spacial score (nSPS) is 22.8. The zero-order chi connectivity index (χ0) is 12.6. The first-order valence-electron chi connectivity index (χ1n) is 6.29. The predicted molar refractivity (Wildman–Crippen MR) is 72.4 cm³/mol. The minimum Gasteiger partial charge on any atom is -0.456 e. The Morgan fingerprint density at radius 2 is 1.68 bits per heavy atom. The molecular weight excluding hydrogens is 260 g/mol. The summed E-state index contributed by atoms with van der Waals surface area (Å²) in [5.74, 6) is 0.923. The average molecular weight is 269 g/mol. The van der Waals surface area contributed by atoms with Crippen LogP contribution in [0, 0.1) is 0 Å². The fraction of sp³-hybridized carbons (Fsp3) is 0.125. The highest BCUT2D eigenvalue weighted by Crippen LogP contribution is 2.57. The lowest BCUT2D eigenvalue weighted by atomic mass is 9.89. The molecule has 0 radical (unpaired) electrons. The molecule has 0 saturated carbocycles. The lowest BCUT2D eigenvalue weighted by Crippen LogP contribution is -1.99. The third kappa shape index (κ3) is 1.08. The number of hydrogen-bond donors (Lipinski definition) is 0. The van der Waals surface area contributed by atoms with Crippen LogP contribution in [0.25, 0.3) is 11.0 Å². The summed E-state index contributed by atoms with van der Waals surface area (Å²) in [6, 6.07) is 14.2.